The average Bonchev–Trinajstić information content (AvgIpc) is 2.40. The minimum absolute atomic E-state index is 0.663. The van der Waals surface area contributed by atoms with Crippen molar-refractivity contribution in [3.8, 4) is 6.07 Å². The molecule has 0 unspecified atom stereocenters. The molecule has 0 atom stereocenters. The number of hydrogen-bond donors (Lipinski definition) is 1. The van der Waals surface area contributed by atoms with E-state index in [9.17, 15) is 0 Å². The van der Waals surface area contributed by atoms with Crippen LogP contribution in [0, 0.1) is 11.3 Å². The minimum atomic E-state index is 0.663. The summed E-state index contributed by atoms with van der Waals surface area (Å²) >= 11 is 1.72. The Balaban J connectivity index is 2.16. The van der Waals surface area contributed by atoms with E-state index in [0.29, 0.717) is 5.56 Å². The third-order valence-corrected chi connectivity index (χ3v) is 3.11. The molecule has 84 valence electrons. The minimum Gasteiger partial charge on any atom is -0.355 e. The number of nitrogens with one attached hydrogen (secondary N) is 1. The third-order valence-electron chi connectivity index (χ3n) is 2.37. The zero-order chi connectivity index (χ0) is 12.1. The first-order chi connectivity index (χ1) is 8.31. The molecule has 0 heterocycles. The summed E-state index contributed by atoms with van der Waals surface area (Å²) in [6.07, 6.45) is 2.05. The summed E-state index contributed by atoms with van der Waals surface area (Å²) in [5.41, 5.74) is 2.62. The van der Waals surface area contributed by atoms with Crippen molar-refractivity contribution in [1.82, 2.24) is 0 Å². The topological polar surface area (TPSA) is 35.8 Å². The van der Waals surface area contributed by atoms with Gasteiger partial charge in [0.1, 0.15) is 0 Å². The fraction of sp³-hybridized carbons (Fsp3) is 0.0714. The smallest absolute Gasteiger partial charge is 0.0992 e. The van der Waals surface area contributed by atoms with Crippen LogP contribution in [0.25, 0.3) is 0 Å². The zero-order valence-electron chi connectivity index (χ0n) is 9.47. The van der Waals surface area contributed by atoms with Crippen LogP contribution in [0.5, 0.6) is 0 Å². The van der Waals surface area contributed by atoms with Gasteiger partial charge in [-0.1, -0.05) is 6.07 Å². The van der Waals surface area contributed by atoms with Crippen molar-refractivity contribution in [1.29, 1.82) is 5.26 Å². The van der Waals surface area contributed by atoms with E-state index in [1.807, 2.05) is 30.3 Å². The molecule has 0 saturated heterocycles. The molecular formula is C14H12N2S. The fourth-order valence-electron chi connectivity index (χ4n) is 1.51. The number of hydrogen-bond acceptors (Lipinski definition) is 3. The second-order valence-corrected chi connectivity index (χ2v) is 4.43. The largest absolute Gasteiger partial charge is 0.355 e. The SMILES string of the molecule is CSc1ccc(Nc2cccc(C#N)c2)cc1. The van der Waals surface area contributed by atoms with Gasteiger partial charge in [-0.05, 0) is 48.7 Å². The Hall–Kier alpha value is -1.92. The Bertz CT molecular complexity index is 541. The van der Waals surface area contributed by atoms with Crippen molar-refractivity contribution in [3.63, 3.8) is 0 Å². The molecule has 1 N–H and O–H groups in total. The van der Waals surface area contributed by atoms with Crippen LogP contribution in [0.4, 0.5) is 11.4 Å². The molecule has 2 rings (SSSR count). The van der Waals surface area contributed by atoms with Gasteiger partial charge in [-0.3, -0.25) is 0 Å². The number of nitriles is 1. The summed E-state index contributed by atoms with van der Waals surface area (Å²) in [5, 5.41) is 12.1. The van der Waals surface area contributed by atoms with E-state index in [1.165, 1.54) is 4.90 Å². The molecule has 0 bridgehead atoms. The van der Waals surface area contributed by atoms with Crippen LogP contribution in [-0.2, 0) is 0 Å². The zero-order valence-corrected chi connectivity index (χ0v) is 10.3. The Morgan fingerprint density at radius 2 is 1.82 bits per heavy atom. The summed E-state index contributed by atoms with van der Waals surface area (Å²) in [6.45, 7) is 0. The fourth-order valence-corrected chi connectivity index (χ4v) is 1.92. The maximum absolute atomic E-state index is 8.82. The molecule has 0 fully saturated rings. The van der Waals surface area contributed by atoms with Crippen LogP contribution < -0.4 is 5.32 Å². The molecule has 0 spiro atoms. The lowest BCUT2D eigenvalue weighted by molar-refractivity contribution is 1.43. The molecule has 0 aromatic heterocycles. The van der Waals surface area contributed by atoms with Gasteiger partial charge in [0.25, 0.3) is 0 Å². The summed E-state index contributed by atoms with van der Waals surface area (Å²) < 4.78 is 0. The first-order valence-corrected chi connectivity index (χ1v) is 6.45. The van der Waals surface area contributed by atoms with E-state index in [4.69, 9.17) is 5.26 Å². The van der Waals surface area contributed by atoms with Crippen LogP contribution in [0.15, 0.2) is 53.4 Å². The maximum Gasteiger partial charge on any atom is 0.0992 e. The second kappa shape index (κ2) is 5.42. The molecular weight excluding hydrogens is 228 g/mol. The summed E-state index contributed by atoms with van der Waals surface area (Å²) in [4.78, 5) is 1.24. The summed E-state index contributed by atoms with van der Waals surface area (Å²) in [6, 6.07) is 17.8. The van der Waals surface area contributed by atoms with Crippen molar-refractivity contribution in [3.05, 3.63) is 54.1 Å². The molecule has 3 heteroatoms. The van der Waals surface area contributed by atoms with E-state index in [2.05, 4.69) is 29.8 Å². The lowest BCUT2D eigenvalue weighted by Gasteiger charge is -2.07. The highest BCUT2D eigenvalue weighted by Gasteiger charge is 1.96. The lowest BCUT2D eigenvalue weighted by Crippen LogP contribution is -1.90. The molecule has 0 saturated carbocycles. The number of nitrogens with zero attached hydrogens (tertiary/aromatic N) is 1. The Labute approximate surface area is 105 Å². The van der Waals surface area contributed by atoms with Crippen molar-refractivity contribution in [2.24, 2.45) is 0 Å². The van der Waals surface area contributed by atoms with Crippen molar-refractivity contribution in [2.75, 3.05) is 11.6 Å². The van der Waals surface area contributed by atoms with Gasteiger partial charge in [0.2, 0.25) is 0 Å². The predicted octanol–water partition coefficient (Wildman–Crippen LogP) is 4.02. The molecule has 0 aliphatic heterocycles. The van der Waals surface area contributed by atoms with Crippen molar-refractivity contribution < 1.29 is 0 Å². The number of anilines is 2. The van der Waals surface area contributed by atoms with Crippen LogP contribution >= 0.6 is 11.8 Å². The first-order valence-electron chi connectivity index (χ1n) is 5.23. The molecule has 2 aromatic carbocycles. The number of rotatable bonds is 3. The second-order valence-electron chi connectivity index (χ2n) is 3.55. The maximum atomic E-state index is 8.82. The Kier molecular flexibility index (Phi) is 3.69. The van der Waals surface area contributed by atoms with Crippen LogP contribution in [0.3, 0.4) is 0 Å². The Morgan fingerprint density at radius 3 is 2.47 bits per heavy atom. The Morgan fingerprint density at radius 1 is 1.06 bits per heavy atom. The van der Waals surface area contributed by atoms with E-state index in [0.717, 1.165) is 11.4 Å². The highest BCUT2D eigenvalue weighted by atomic mass is 32.2. The van der Waals surface area contributed by atoms with Crippen molar-refractivity contribution >= 4 is 23.1 Å². The number of thioether (sulfide) groups is 1. The molecule has 2 nitrogen and oxygen atoms in total. The van der Waals surface area contributed by atoms with Crippen LogP contribution in [0.1, 0.15) is 5.56 Å². The van der Waals surface area contributed by atoms with E-state index >= 15 is 0 Å². The molecule has 0 amide bonds. The summed E-state index contributed by atoms with van der Waals surface area (Å²) in [5.74, 6) is 0. The standard InChI is InChI=1S/C14H12N2S/c1-17-14-7-5-12(6-8-14)16-13-4-2-3-11(9-13)10-15/h2-9,16H,1H3. The molecule has 2 aromatic rings. The first kappa shape index (κ1) is 11.6. The van der Waals surface area contributed by atoms with Crippen LogP contribution in [0.2, 0.25) is 0 Å². The van der Waals surface area contributed by atoms with E-state index < -0.39 is 0 Å². The average molecular weight is 240 g/mol. The normalized spacial score (nSPS) is 9.65. The lowest BCUT2D eigenvalue weighted by atomic mass is 10.2. The van der Waals surface area contributed by atoms with Gasteiger partial charge in [-0.2, -0.15) is 5.26 Å². The van der Waals surface area contributed by atoms with Gasteiger partial charge in [-0.15, -0.1) is 11.8 Å². The van der Waals surface area contributed by atoms with Gasteiger partial charge in [0.15, 0.2) is 0 Å². The van der Waals surface area contributed by atoms with Gasteiger partial charge in [0, 0.05) is 16.3 Å². The van der Waals surface area contributed by atoms with E-state index in [1.54, 1.807) is 17.8 Å². The quantitative estimate of drug-likeness (QED) is 0.823. The van der Waals surface area contributed by atoms with Crippen LogP contribution in [-0.4, -0.2) is 6.26 Å². The highest BCUT2D eigenvalue weighted by Crippen LogP contribution is 2.21. The molecule has 0 aliphatic rings. The van der Waals surface area contributed by atoms with Gasteiger partial charge < -0.3 is 5.32 Å². The number of benzene rings is 2. The highest BCUT2D eigenvalue weighted by molar-refractivity contribution is 7.98. The molecule has 17 heavy (non-hydrogen) atoms. The summed E-state index contributed by atoms with van der Waals surface area (Å²) in [7, 11) is 0. The van der Waals surface area contributed by atoms with E-state index in [-0.39, 0.29) is 0 Å². The monoisotopic (exact) mass is 240 g/mol. The van der Waals surface area contributed by atoms with Gasteiger partial charge >= 0.3 is 0 Å². The van der Waals surface area contributed by atoms with Gasteiger partial charge in [-0.25, -0.2) is 0 Å². The van der Waals surface area contributed by atoms with Gasteiger partial charge in [0.05, 0.1) is 11.6 Å². The molecule has 0 radical (unpaired) electrons. The predicted molar refractivity (Wildman–Crippen MR) is 72.7 cm³/mol. The molecule has 0 aliphatic carbocycles. The van der Waals surface area contributed by atoms with Crippen molar-refractivity contribution in [2.45, 2.75) is 4.90 Å². The third kappa shape index (κ3) is 3.02.